The van der Waals surface area contributed by atoms with Gasteiger partial charge in [0, 0.05) is 13.6 Å². The Morgan fingerprint density at radius 2 is 2.13 bits per heavy atom. The van der Waals surface area contributed by atoms with Gasteiger partial charge in [-0.05, 0) is 38.4 Å². The number of hydrogen-bond donors (Lipinski definition) is 1. The smallest absolute Gasteiger partial charge is 0.229 e. The summed E-state index contributed by atoms with van der Waals surface area (Å²) in [5.41, 5.74) is -0.305. The highest BCUT2D eigenvalue weighted by Crippen LogP contribution is 2.32. The van der Waals surface area contributed by atoms with Crippen LogP contribution in [-0.4, -0.2) is 50.2 Å². The summed E-state index contributed by atoms with van der Waals surface area (Å²) in [4.78, 5) is 14.5. The lowest BCUT2D eigenvalue weighted by Gasteiger charge is -2.37. The first-order chi connectivity index (χ1) is 10.6. The van der Waals surface area contributed by atoms with Crippen LogP contribution in [0.1, 0.15) is 19.8 Å². The van der Waals surface area contributed by atoms with E-state index in [2.05, 4.69) is 5.32 Å². The minimum atomic E-state index is -0.305. The van der Waals surface area contributed by atoms with E-state index in [-0.39, 0.29) is 29.8 Å². The Balaban J connectivity index is 0.00000192. The number of fused-ring (bicyclic) bond motifs is 1. The number of nitrogens with one attached hydrogen (secondary N) is 1. The molecule has 2 aliphatic heterocycles. The van der Waals surface area contributed by atoms with E-state index in [1.165, 1.54) is 0 Å². The molecular weight excluding hydrogens is 316 g/mol. The lowest BCUT2D eigenvalue weighted by atomic mass is 9.81. The maximum absolute atomic E-state index is 12.7. The topological polar surface area (TPSA) is 50.8 Å². The Labute approximate surface area is 143 Å². The summed E-state index contributed by atoms with van der Waals surface area (Å²) < 4.78 is 11.7. The van der Waals surface area contributed by atoms with Crippen LogP contribution >= 0.6 is 12.4 Å². The van der Waals surface area contributed by atoms with Crippen molar-refractivity contribution < 1.29 is 14.3 Å². The first-order valence-corrected chi connectivity index (χ1v) is 7.93. The van der Waals surface area contributed by atoms with Gasteiger partial charge in [0.05, 0.1) is 12.0 Å². The van der Waals surface area contributed by atoms with Crippen LogP contribution in [0.3, 0.4) is 0 Å². The van der Waals surface area contributed by atoms with Crippen LogP contribution in [0.25, 0.3) is 0 Å². The number of likely N-dealkylation sites (N-methyl/N-ethyl adjacent to an activating group) is 1. The number of ether oxygens (including phenoxy) is 2. The van der Waals surface area contributed by atoms with Crippen LogP contribution in [-0.2, 0) is 4.79 Å². The summed E-state index contributed by atoms with van der Waals surface area (Å²) in [5.74, 6) is 1.71. The van der Waals surface area contributed by atoms with E-state index >= 15 is 0 Å². The van der Waals surface area contributed by atoms with Gasteiger partial charge in [-0.3, -0.25) is 4.79 Å². The fourth-order valence-corrected chi connectivity index (χ4v) is 3.24. The largest absolute Gasteiger partial charge is 0.486 e. The minimum Gasteiger partial charge on any atom is -0.486 e. The lowest BCUT2D eigenvalue weighted by Crippen LogP contribution is -2.51. The zero-order chi connectivity index (χ0) is 15.6. The summed E-state index contributed by atoms with van der Waals surface area (Å²) in [5, 5.41) is 3.32. The standard InChI is InChI=1S/C17H24N2O3.ClH/c1-17(8-5-9-18-12-17)16(20)19(2)10-13-11-21-14-6-3-4-7-15(14)22-13;/h3-4,6-7,13,18H,5,8-12H2,1-2H3;1H. The van der Waals surface area contributed by atoms with Crippen molar-refractivity contribution in [2.24, 2.45) is 5.41 Å². The zero-order valence-electron chi connectivity index (χ0n) is 13.7. The van der Waals surface area contributed by atoms with E-state index in [0.29, 0.717) is 13.2 Å². The molecule has 23 heavy (non-hydrogen) atoms. The lowest BCUT2D eigenvalue weighted by molar-refractivity contribution is -0.142. The van der Waals surface area contributed by atoms with E-state index in [0.717, 1.165) is 37.4 Å². The van der Waals surface area contributed by atoms with Crippen LogP contribution < -0.4 is 14.8 Å². The third-order valence-electron chi connectivity index (χ3n) is 4.51. The number of benzene rings is 1. The molecule has 0 saturated carbocycles. The number of hydrogen-bond acceptors (Lipinski definition) is 4. The van der Waals surface area contributed by atoms with Gasteiger partial charge < -0.3 is 19.7 Å². The molecule has 1 aromatic rings. The minimum absolute atomic E-state index is 0. The quantitative estimate of drug-likeness (QED) is 0.915. The maximum Gasteiger partial charge on any atom is 0.229 e. The van der Waals surface area contributed by atoms with Crippen molar-refractivity contribution in [2.75, 3.05) is 33.3 Å². The number of amides is 1. The highest BCUT2D eigenvalue weighted by molar-refractivity contribution is 5.85. The summed E-state index contributed by atoms with van der Waals surface area (Å²) >= 11 is 0. The van der Waals surface area contributed by atoms with Gasteiger partial charge in [0.15, 0.2) is 17.6 Å². The second-order valence-electron chi connectivity index (χ2n) is 6.52. The van der Waals surface area contributed by atoms with Gasteiger partial charge in [-0.2, -0.15) is 0 Å². The Morgan fingerprint density at radius 3 is 2.83 bits per heavy atom. The van der Waals surface area contributed by atoms with Gasteiger partial charge in [0.2, 0.25) is 5.91 Å². The van der Waals surface area contributed by atoms with Crippen molar-refractivity contribution in [3.8, 4) is 11.5 Å². The molecule has 6 heteroatoms. The first kappa shape index (κ1) is 17.9. The molecule has 1 saturated heterocycles. The van der Waals surface area contributed by atoms with E-state index < -0.39 is 0 Å². The van der Waals surface area contributed by atoms with Crippen LogP contribution in [0, 0.1) is 5.41 Å². The number of para-hydroxylation sites is 2. The van der Waals surface area contributed by atoms with E-state index in [4.69, 9.17) is 9.47 Å². The van der Waals surface area contributed by atoms with Crippen molar-refractivity contribution in [1.82, 2.24) is 10.2 Å². The number of halogens is 1. The molecule has 2 unspecified atom stereocenters. The van der Waals surface area contributed by atoms with Crippen LogP contribution in [0.4, 0.5) is 0 Å². The molecule has 2 aliphatic rings. The normalized spacial score (nSPS) is 26.1. The Bertz CT molecular complexity index is 546. The summed E-state index contributed by atoms with van der Waals surface area (Å²) in [6.07, 6.45) is 1.87. The SMILES string of the molecule is CN(CC1COc2ccccc2O1)C(=O)C1(C)CCCNC1.Cl. The fourth-order valence-electron chi connectivity index (χ4n) is 3.24. The van der Waals surface area contributed by atoms with Crippen LogP contribution in [0.5, 0.6) is 11.5 Å². The highest BCUT2D eigenvalue weighted by atomic mass is 35.5. The van der Waals surface area contributed by atoms with Gasteiger partial charge in [0.1, 0.15) is 6.61 Å². The molecule has 1 N–H and O–H groups in total. The van der Waals surface area contributed by atoms with Crippen molar-refractivity contribution in [3.05, 3.63) is 24.3 Å². The predicted octanol–water partition coefficient (Wildman–Crippen LogP) is 2.10. The maximum atomic E-state index is 12.7. The summed E-state index contributed by atoms with van der Waals surface area (Å²) in [6.45, 7) is 4.82. The molecule has 128 valence electrons. The Kier molecular flexibility index (Phi) is 5.76. The molecule has 0 spiro atoms. The molecule has 1 fully saturated rings. The zero-order valence-corrected chi connectivity index (χ0v) is 14.5. The van der Waals surface area contributed by atoms with Crippen molar-refractivity contribution >= 4 is 18.3 Å². The predicted molar refractivity (Wildman–Crippen MR) is 91.4 cm³/mol. The molecule has 1 aromatic carbocycles. The van der Waals surface area contributed by atoms with Crippen LogP contribution in [0.15, 0.2) is 24.3 Å². The van der Waals surface area contributed by atoms with Gasteiger partial charge >= 0.3 is 0 Å². The first-order valence-electron chi connectivity index (χ1n) is 7.93. The number of piperidine rings is 1. The molecule has 0 aliphatic carbocycles. The van der Waals surface area contributed by atoms with Gasteiger partial charge in [-0.1, -0.05) is 12.1 Å². The third kappa shape index (κ3) is 3.90. The molecule has 0 aromatic heterocycles. The Hall–Kier alpha value is -1.46. The average molecular weight is 341 g/mol. The van der Waals surface area contributed by atoms with Crippen molar-refractivity contribution in [1.29, 1.82) is 0 Å². The molecule has 3 rings (SSSR count). The fraction of sp³-hybridized carbons (Fsp3) is 0.588. The van der Waals surface area contributed by atoms with Crippen molar-refractivity contribution in [3.63, 3.8) is 0 Å². The van der Waals surface area contributed by atoms with Gasteiger partial charge in [0.25, 0.3) is 0 Å². The summed E-state index contributed by atoms with van der Waals surface area (Å²) in [7, 11) is 1.85. The van der Waals surface area contributed by atoms with E-state index in [1.807, 2.05) is 38.2 Å². The second kappa shape index (κ2) is 7.41. The summed E-state index contributed by atoms with van der Waals surface area (Å²) in [6, 6.07) is 7.65. The van der Waals surface area contributed by atoms with Gasteiger partial charge in [-0.25, -0.2) is 0 Å². The molecule has 1 amide bonds. The molecule has 2 heterocycles. The molecule has 0 bridgehead atoms. The van der Waals surface area contributed by atoms with E-state index in [9.17, 15) is 4.79 Å². The van der Waals surface area contributed by atoms with E-state index in [1.54, 1.807) is 4.90 Å². The third-order valence-corrected chi connectivity index (χ3v) is 4.51. The molecular formula is C17H25ClN2O3. The molecule has 0 radical (unpaired) electrons. The number of nitrogens with zero attached hydrogens (tertiary/aromatic N) is 1. The number of carbonyl (C=O) groups is 1. The second-order valence-corrected chi connectivity index (χ2v) is 6.52. The number of carbonyl (C=O) groups excluding carboxylic acids is 1. The number of rotatable bonds is 3. The Morgan fingerprint density at radius 1 is 1.39 bits per heavy atom. The highest BCUT2D eigenvalue weighted by Gasteiger charge is 2.37. The van der Waals surface area contributed by atoms with Crippen molar-refractivity contribution in [2.45, 2.75) is 25.9 Å². The molecule has 5 nitrogen and oxygen atoms in total. The van der Waals surface area contributed by atoms with Crippen LogP contribution in [0.2, 0.25) is 0 Å². The molecule has 2 atom stereocenters. The monoisotopic (exact) mass is 340 g/mol. The van der Waals surface area contributed by atoms with Gasteiger partial charge in [-0.15, -0.1) is 12.4 Å². The average Bonchev–Trinajstić information content (AvgIpc) is 2.54.